The van der Waals surface area contributed by atoms with E-state index in [-0.39, 0.29) is 24.7 Å². The summed E-state index contributed by atoms with van der Waals surface area (Å²) in [6.07, 6.45) is 26.9. The van der Waals surface area contributed by atoms with Crippen LogP contribution in [0.3, 0.4) is 0 Å². The van der Waals surface area contributed by atoms with E-state index in [0.29, 0.717) is 30.6 Å². The average molecular weight is 763 g/mol. The maximum atomic E-state index is 11.9. The Labute approximate surface area is 324 Å². The molecule has 308 valence electrons. The Hall–Kier alpha value is -4.22. The summed E-state index contributed by atoms with van der Waals surface area (Å²) in [4.78, 5) is 59.7. The molecule has 1 atom stereocenters. The number of amides is 1. The highest BCUT2D eigenvalue weighted by Crippen LogP contribution is 2.30. The molecule has 1 aromatic carbocycles. The van der Waals surface area contributed by atoms with E-state index in [1.54, 1.807) is 12.1 Å². The smallest absolute Gasteiger partial charge is 0.333 e. The highest BCUT2D eigenvalue weighted by Gasteiger charge is 2.17. The quantitative estimate of drug-likeness (QED) is 0.0148. The number of unbranched alkanes of at least 4 members (excludes halogenated alkanes) is 7. The molecule has 54 heavy (non-hydrogen) atoms. The van der Waals surface area contributed by atoms with Gasteiger partial charge in [-0.1, -0.05) is 110 Å². The van der Waals surface area contributed by atoms with Crippen LogP contribution >= 0.6 is 0 Å². The van der Waals surface area contributed by atoms with E-state index in [2.05, 4.69) is 43.1 Å². The number of methoxy groups -OCH3 is 1. The third kappa shape index (κ3) is 30.3. The zero-order chi connectivity index (χ0) is 40.8. The van der Waals surface area contributed by atoms with Gasteiger partial charge >= 0.3 is 11.9 Å². The number of carbonyl (C=O) groups excluding carboxylic acids is 4. The minimum Gasteiger partial charge on any atom is -0.493 e. The second-order valence-corrected chi connectivity index (χ2v) is 12.7. The molecule has 1 fully saturated rings. The van der Waals surface area contributed by atoms with Crippen molar-refractivity contribution in [3.05, 3.63) is 52.1 Å². The van der Waals surface area contributed by atoms with Gasteiger partial charge in [-0.25, -0.2) is 9.59 Å². The molecule has 1 aliphatic rings. The molecule has 0 saturated heterocycles. The number of hydrogen-bond acceptors (Lipinski definition) is 10. The number of nitrogens with zero attached hydrogens (tertiary/aromatic N) is 1. The summed E-state index contributed by atoms with van der Waals surface area (Å²) < 4.78 is 15.3. The lowest BCUT2D eigenvalue weighted by Gasteiger charge is -2.13. The first-order valence-electron chi connectivity index (χ1n) is 20.0. The van der Waals surface area contributed by atoms with Crippen LogP contribution in [0, 0.1) is 16.0 Å². The number of ketones is 1. The van der Waals surface area contributed by atoms with Gasteiger partial charge in [0.05, 0.1) is 20.3 Å². The topological polar surface area (TPSA) is 160 Å². The zero-order valence-electron chi connectivity index (χ0n) is 34.2. The Bertz CT molecular complexity index is 1200. The molecule has 12 nitrogen and oxygen atoms in total. The fraction of sp³-hybridized carbons (Fsp3) is 0.667. The largest absolute Gasteiger partial charge is 0.493 e. The predicted octanol–water partition coefficient (Wildman–Crippen LogP) is 9.95. The van der Waals surface area contributed by atoms with Crippen LogP contribution in [0.25, 0.3) is 6.08 Å². The molecular formula is C42H70N2O10. The van der Waals surface area contributed by atoms with Gasteiger partial charge in [0.15, 0.2) is 11.5 Å². The van der Waals surface area contributed by atoms with Gasteiger partial charge < -0.3 is 24.4 Å². The minimum atomic E-state index is -0.877. The van der Waals surface area contributed by atoms with Gasteiger partial charge in [0.25, 0.3) is 5.09 Å². The van der Waals surface area contributed by atoms with Crippen LogP contribution < -0.4 is 14.8 Å². The Balaban J connectivity index is 0. The minimum absolute atomic E-state index is 0.0545. The van der Waals surface area contributed by atoms with Crippen LogP contribution in [0.4, 0.5) is 0 Å². The normalized spacial score (nSPS) is 12.6. The molecule has 2 rings (SSSR count). The van der Waals surface area contributed by atoms with Crippen LogP contribution in [-0.2, 0) is 28.8 Å². The number of allylic oxidation sites excluding steroid dienone is 2. The third-order valence-electron chi connectivity index (χ3n) is 8.29. The van der Waals surface area contributed by atoms with Crippen LogP contribution in [0.2, 0.25) is 0 Å². The molecule has 0 radical (unpaired) electrons. The second kappa shape index (κ2) is 37.1. The Morgan fingerprint density at radius 2 is 1.61 bits per heavy atom. The van der Waals surface area contributed by atoms with E-state index in [4.69, 9.17) is 14.2 Å². The van der Waals surface area contributed by atoms with Crippen molar-refractivity contribution in [2.75, 3.05) is 20.3 Å². The van der Waals surface area contributed by atoms with E-state index in [1.165, 1.54) is 109 Å². The number of Topliss-reactive ketones (excluding diaryl/α,β-unsaturated/α-hetero) is 1. The van der Waals surface area contributed by atoms with Crippen molar-refractivity contribution in [3.63, 3.8) is 0 Å². The van der Waals surface area contributed by atoms with Crippen LogP contribution in [-0.4, -0.2) is 55.6 Å². The molecule has 0 spiro atoms. The lowest BCUT2D eigenvalue weighted by Crippen LogP contribution is -2.36. The van der Waals surface area contributed by atoms with E-state index in [1.807, 2.05) is 13.8 Å². The molecule has 0 heterocycles. The Kier molecular flexibility index (Phi) is 35.7. The van der Waals surface area contributed by atoms with Crippen molar-refractivity contribution in [1.29, 1.82) is 0 Å². The van der Waals surface area contributed by atoms with Gasteiger partial charge in [-0.2, -0.15) is 0 Å². The van der Waals surface area contributed by atoms with Gasteiger partial charge in [0.2, 0.25) is 6.41 Å². The van der Waals surface area contributed by atoms with Crippen molar-refractivity contribution in [2.24, 2.45) is 5.92 Å². The summed E-state index contributed by atoms with van der Waals surface area (Å²) in [6, 6.07) is 3.82. The maximum absolute atomic E-state index is 11.9. The second-order valence-electron chi connectivity index (χ2n) is 12.7. The fourth-order valence-corrected chi connectivity index (χ4v) is 5.17. The number of ether oxygens (including phenoxy) is 3. The first-order valence-corrected chi connectivity index (χ1v) is 20.0. The highest BCUT2D eigenvalue weighted by molar-refractivity contribution is 5.87. The summed E-state index contributed by atoms with van der Waals surface area (Å²) in [7, 11) is 1.39. The van der Waals surface area contributed by atoms with E-state index < -0.39 is 23.1 Å². The SMILES string of the molecule is C/C=C\CCCC.CC.CCCCCCCC(=O)CCC1CCCC1.COc1cc(/C=C/C(=O)OCCCCO[N+](=O)[O-])ccc1OC(=O)C(C)NC=O. The van der Waals surface area contributed by atoms with E-state index in [0.717, 1.165) is 25.2 Å². The van der Waals surface area contributed by atoms with Crippen molar-refractivity contribution in [2.45, 2.75) is 157 Å². The average Bonchev–Trinajstić information content (AvgIpc) is 3.70. The summed E-state index contributed by atoms with van der Waals surface area (Å²) in [5, 5.41) is 11.4. The van der Waals surface area contributed by atoms with Gasteiger partial charge in [-0.3, -0.25) is 9.59 Å². The first kappa shape index (κ1) is 51.9. The van der Waals surface area contributed by atoms with Crippen LogP contribution in [0.5, 0.6) is 11.5 Å². The molecule has 1 aromatic rings. The summed E-state index contributed by atoms with van der Waals surface area (Å²) >= 11 is 0. The third-order valence-corrected chi connectivity index (χ3v) is 8.29. The molecule has 1 unspecified atom stereocenters. The number of carbonyl (C=O) groups is 4. The first-order chi connectivity index (χ1) is 26.1. The number of nitrogens with one attached hydrogen (secondary N) is 1. The molecule has 1 saturated carbocycles. The Morgan fingerprint density at radius 3 is 2.22 bits per heavy atom. The molecular weight excluding hydrogens is 692 g/mol. The van der Waals surface area contributed by atoms with Crippen molar-refractivity contribution >= 4 is 30.2 Å². The molecule has 1 amide bonds. The predicted molar refractivity (Wildman–Crippen MR) is 215 cm³/mol. The van der Waals surface area contributed by atoms with Gasteiger partial charge in [0.1, 0.15) is 11.8 Å². The number of hydrogen-bond donors (Lipinski definition) is 1. The zero-order valence-corrected chi connectivity index (χ0v) is 34.2. The van der Waals surface area contributed by atoms with E-state index >= 15 is 0 Å². The molecule has 12 heteroatoms. The van der Waals surface area contributed by atoms with Crippen LogP contribution in [0.1, 0.15) is 156 Å². The van der Waals surface area contributed by atoms with Gasteiger partial charge in [-0.15, -0.1) is 10.1 Å². The summed E-state index contributed by atoms with van der Waals surface area (Å²) in [5.74, 6) is 0.577. The molecule has 1 N–H and O–H groups in total. The molecule has 1 aliphatic carbocycles. The number of rotatable bonds is 25. The molecule has 0 bridgehead atoms. The summed E-state index contributed by atoms with van der Waals surface area (Å²) in [6.45, 7) is 12.0. The molecule has 0 aromatic heterocycles. The monoisotopic (exact) mass is 763 g/mol. The summed E-state index contributed by atoms with van der Waals surface area (Å²) in [5.41, 5.74) is 0.594. The molecule has 0 aliphatic heterocycles. The number of benzene rings is 1. The van der Waals surface area contributed by atoms with Crippen molar-refractivity contribution in [3.8, 4) is 11.5 Å². The van der Waals surface area contributed by atoms with Crippen molar-refractivity contribution < 1.29 is 43.3 Å². The Morgan fingerprint density at radius 1 is 0.944 bits per heavy atom. The van der Waals surface area contributed by atoms with Crippen LogP contribution in [0.15, 0.2) is 36.4 Å². The lowest BCUT2D eigenvalue weighted by molar-refractivity contribution is -0.757. The maximum Gasteiger partial charge on any atom is 0.333 e. The standard InChI is InChI=1S/C18H22N2O9.C15H28O.C7H14.C2H6/c1-13(19-12-21)18(23)29-15-7-5-14(11-16(15)26-2)6-8-17(22)27-9-3-4-10-28-20(24)25;1-2-3-4-5-6-11-15(16)13-12-14-9-7-8-10-14;1-3-5-7-6-4-2;1-2/h5-8,11-13H,3-4,9-10H2,1-2H3,(H,19,21);14H,2-13H2,1H3;3,5H,4,6-7H2,1-2H3;1-2H3/b8-6+;;5-3-;. The highest BCUT2D eigenvalue weighted by atomic mass is 16.9. The van der Waals surface area contributed by atoms with Gasteiger partial charge in [-0.05, 0) is 75.6 Å². The van der Waals surface area contributed by atoms with Gasteiger partial charge in [0, 0.05) is 18.9 Å². The van der Waals surface area contributed by atoms with E-state index in [9.17, 15) is 29.3 Å². The number of esters is 2. The van der Waals surface area contributed by atoms with Crippen molar-refractivity contribution in [1.82, 2.24) is 5.32 Å². The fourth-order valence-electron chi connectivity index (χ4n) is 5.17. The lowest BCUT2D eigenvalue weighted by atomic mass is 9.98.